The summed E-state index contributed by atoms with van der Waals surface area (Å²) in [5.74, 6) is 0.906. The van der Waals surface area contributed by atoms with Crippen LogP contribution in [0.4, 0.5) is 0 Å². The van der Waals surface area contributed by atoms with Crippen molar-refractivity contribution in [1.82, 2.24) is 5.32 Å². The second-order valence-corrected chi connectivity index (χ2v) is 7.54. The molecule has 2 heteroatoms. The molecule has 2 aliphatic carbocycles. The van der Waals surface area contributed by atoms with Gasteiger partial charge in [0.25, 0.3) is 0 Å². The second kappa shape index (κ2) is 6.58. The molecule has 2 nitrogen and oxygen atoms in total. The first-order valence-corrected chi connectivity index (χ1v) is 8.37. The van der Waals surface area contributed by atoms with Gasteiger partial charge >= 0.3 is 0 Å². The van der Waals surface area contributed by atoms with E-state index in [0.29, 0.717) is 23.7 Å². The van der Waals surface area contributed by atoms with Gasteiger partial charge in [-0.1, -0.05) is 40.0 Å². The molecule has 0 aromatic heterocycles. The van der Waals surface area contributed by atoms with Crippen LogP contribution in [0.25, 0.3) is 0 Å². The molecule has 19 heavy (non-hydrogen) atoms. The highest BCUT2D eigenvalue weighted by molar-refractivity contribution is 4.90. The predicted octanol–water partition coefficient (Wildman–Crippen LogP) is 4.14. The Bertz CT molecular complexity index is 276. The Balaban J connectivity index is 1.91. The van der Waals surface area contributed by atoms with Crippen molar-refractivity contribution >= 4 is 0 Å². The Morgan fingerprint density at radius 1 is 1.21 bits per heavy atom. The van der Waals surface area contributed by atoms with Crippen LogP contribution in [0.3, 0.4) is 0 Å². The van der Waals surface area contributed by atoms with E-state index in [-0.39, 0.29) is 0 Å². The number of ether oxygens (including phenoxy) is 1. The summed E-state index contributed by atoms with van der Waals surface area (Å²) in [6.45, 7) is 7.11. The lowest BCUT2D eigenvalue weighted by molar-refractivity contribution is -0.0868. The molecule has 0 bridgehead atoms. The lowest BCUT2D eigenvalue weighted by Crippen LogP contribution is -2.48. The molecule has 4 atom stereocenters. The zero-order valence-corrected chi connectivity index (χ0v) is 13.4. The Morgan fingerprint density at radius 3 is 2.68 bits per heavy atom. The van der Waals surface area contributed by atoms with Gasteiger partial charge < -0.3 is 10.1 Å². The third-order valence-corrected chi connectivity index (χ3v) is 5.38. The smallest absolute Gasteiger partial charge is 0.0736 e. The van der Waals surface area contributed by atoms with E-state index in [1.54, 1.807) is 0 Å². The fraction of sp³-hybridized carbons (Fsp3) is 1.00. The molecule has 1 N–H and O–H groups in total. The topological polar surface area (TPSA) is 21.3 Å². The minimum absolute atomic E-state index is 0.425. The Kier molecular flexibility index (Phi) is 5.30. The van der Waals surface area contributed by atoms with E-state index in [1.165, 1.54) is 51.4 Å². The summed E-state index contributed by atoms with van der Waals surface area (Å²) in [5.41, 5.74) is 0.455. The van der Waals surface area contributed by atoms with E-state index in [9.17, 15) is 0 Å². The summed E-state index contributed by atoms with van der Waals surface area (Å²) in [6, 6.07) is 0.565. The highest BCUT2D eigenvalue weighted by atomic mass is 16.5. The van der Waals surface area contributed by atoms with Crippen LogP contribution in [0.5, 0.6) is 0 Å². The maximum Gasteiger partial charge on any atom is 0.0736 e. The molecule has 2 rings (SSSR count). The molecule has 0 saturated heterocycles. The molecule has 0 heterocycles. The van der Waals surface area contributed by atoms with E-state index < -0.39 is 0 Å². The predicted molar refractivity (Wildman–Crippen MR) is 81.4 cm³/mol. The van der Waals surface area contributed by atoms with Gasteiger partial charge in [-0.15, -0.1) is 0 Å². The highest BCUT2D eigenvalue weighted by Crippen LogP contribution is 2.38. The van der Waals surface area contributed by atoms with Crippen LogP contribution >= 0.6 is 0 Å². The van der Waals surface area contributed by atoms with Crippen LogP contribution in [-0.2, 0) is 4.74 Å². The second-order valence-electron chi connectivity index (χ2n) is 7.54. The standard InChI is InChI=1S/C17H33NO/c1-5-13-7-6-8-14(11-13)19-16-12-17(2,3)10-9-15(16)18-4/h13-16,18H,5-12H2,1-4H3. The molecular formula is C17H33NO. The van der Waals surface area contributed by atoms with Gasteiger partial charge in [-0.3, -0.25) is 0 Å². The molecular weight excluding hydrogens is 234 g/mol. The number of rotatable bonds is 4. The van der Waals surface area contributed by atoms with Crippen LogP contribution < -0.4 is 5.32 Å². The first kappa shape index (κ1) is 15.3. The number of hydrogen-bond acceptors (Lipinski definition) is 2. The van der Waals surface area contributed by atoms with Crippen molar-refractivity contribution in [3.8, 4) is 0 Å². The molecule has 0 spiro atoms. The average Bonchev–Trinajstić information content (AvgIpc) is 2.38. The van der Waals surface area contributed by atoms with Gasteiger partial charge in [0.1, 0.15) is 0 Å². The molecule has 0 amide bonds. The SMILES string of the molecule is CCC1CCCC(OC2CC(C)(C)CCC2NC)C1. The Morgan fingerprint density at radius 2 is 2.00 bits per heavy atom. The fourth-order valence-electron chi connectivity index (χ4n) is 3.98. The van der Waals surface area contributed by atoms with Crippen LogP contribution in [0.15, 0.2) is 0 Å². The van der Waals surface area contributed by atoms with Crippen molar-refractivity contribution in [3.63, 3.8) is 0 Å². The van der Waals surface area contributed by atoms with Crippen molar-refractivity contribution in [2.75, 3.05) is 7.05 Å². The van der Waals surface area contributed by atoms with E-state index in [2.05, 4.69) is 33.1 Å². The lowest BCUT2D eigenvalue weighted by atomic mass is 9.74. The summed E-state index contributed by atoms with van der Waals surface area (Å²) < 4.78 is 6.54. The van der Waals surface area contributed by atoms with E-state index >= 15 is 0 Å². The zero-order valence-electron chi connectivity index (χ0n) is 13.4. The monoisotopic (exact) mass is 267 g/mol. The molecule has 0 aliphatic heterocycles. The molecule has 0 radical (unpaired) electrons. The summed E-state index contributed by atoms with van der Waals surface area (Å²) in [4.78, 5) is 0. The van der Waals surface area contributed by atoms with E-state index in [0.717, 1.165) is 5.92 Å². The van der Waals surface area contributed by atoms with E-state index in [4.69, 9.17) is 4.74 Å². The fourth-order valence-corrected chi connectivity index (χ4v) is 3.98. The van der Waals surface area contributed by atoms with Gasteiger partial charge in [-0.2, -0.15) is 0 Å². The minimum Gasteiger partial charge on any atom is -0.373 e. The molecule has 2 aliphatic rings. The summed E-state index contributed by atoms with van der Waals surface area (Å²) in [7, 11) is 2.09. The van der Waals surface area contributed by atoms with Crippen LogP contribution in [0.1, 0.15) is 72.1 Å². The van der Waals surface area contributed by atoms with Crippen LogP contribution in [-0.4, -0.2) is 25.3 Å². The zero-order chi connectivity index (χ0) is 13.9. The van der Waals surface area contributed by atoms with Crippen LogP contribution in [0, 0.1) is 11.3 Å². The molecule has 2 fully saturated rings. The lowest BCUT2D eigenvalue weighted by Gasteiger charge is -2.43. The third kappa shape index (κ3) is 4.19. The summed E-state index contributed by atoms with van der Waals surface area (Å²) in [6.07, 6.45) is 11.4. The third-order valence-electron chi connectivity index (χ3n) is 5.38. The van der Waals surface area contributed by atoms with Gasteiger partial charge in [0, 0.05) is 6.04 Å². The molecule has 0 aromatic carbocycles. The number of nitrogens with one attached hydrogen (secondary N) is 1. The Labute approximate surface area is 119 Å². The maximum atomic E-state index is 6.54. The van der Waals surface area contributed by atoms with E-state index in [1.807, 2.05) is 0 Å². The van der Waals surface area contributed by atoms with Crippen molar-refractivity contribution in [1.29, 1.82) is 0 Å². The maximum absolute atomic E-state index is 6.54. The first-order valence-electron chi connectivity index (χ1n) is 8.37. The Hall–Kier alpha value is -0.0800. The number of likely N-dealkylation sites (N-methyl/N-ethyl adjacent to an activating group) is 1. The average molecular weight is 267 g/mol. The van der Waals surface area contributed by atoms with Gasteiger partial charge in [0.2, 0.25) is 0 Å². The normalized spacial score (nSPS) is 39.2. The largest absolute Gasteiger partial charge is 0.373 e. The van der Waals surface area contributed by atoms with Gasteiger partial charge in [0.05, 0.1) is 12.2 Å². The minimum atomic E-state index is 0.425. The molecule has 0 aromatic rings. The van der Waals surface area contributed by atoms with Crippen molar-refractivity contribution < 1.29 is 4.74 Å². The number of hydrogen-bond donors (Lipinski definition) is 1. The molecule has 2 saturated carbocycles. The summed E-state index contributed by atoms with van der Waals surface area (Å²) >= 11 is 0. The van der Waals surface area contributed by atoms with Crippen molar-refractivity contribution in [2.45, 2.75) is 90.4 Å². The summed E-state index contributed by atoms with van der Waals surface area (Å²) in [5, 5.41) is 3.48. The molecule has 112 valence electrons. The van der Waals surface area contributed by atoms with Gasteiger partial charge in [0.15, 0.2) is 0 Å². The quantitative estimate of drug-likeness (QED) is 0.826. The first-order chi connectivity index (χ1) is 9.04. The van der Waals surface area contributed by atoms with Crippen molar-refractivity contribution in [3.05, 3.63) is 0 Å². The van der Waals surface area contributed by atoms with Crippen LogP contribution in [0.2, 0.25) is 0 Å². The van der Waals surface area contributed by atoms with Gasteiger partial charge in [-0.25, -0.2) is 0 Å². The van der Waals surface area contributed by atoms with Gasteiger partial charge in [-0.05, 0) is 50.5 Å². The highest BCUT2D eigenvalue weighted by Gasteiger charge is 2.36. The molecule has 4 unspecified atom stereocenters. The van der Waals surface area contributed by atoms with Crippen molar-refractivity contribution in [2.24, 2.45) is 11.3 Å².